The Hall–Kier alpha value is -0.353. The number of hydrogen-bond donors (Lipinski definition) is 1. The maximum atomic E-state index is 12.5. The molecule has 4 aliphatic rings. The predicted molar refractivity (Wildman–Crippen MR) is 92.2 cm³/mol. The Kier molecular flexibility index (Phi) is 4.00. The molecule has 126 valence electrons. The van der Waals surface area contributed by atoms with E-state index in [9.17, 15) is 4.79 Å². The van der Waals surface area contributed by atoms with E-state index in [0.717, 1.165) is 19.3 Å². The average molecular weight is 324 g/mol. The van der Waals surface area contributed by atoms with Crippen LogP contribution in [0, 0.1) is 11.8 Å². The van der Waals surface area contributed by atoms with E-state index in [4.69, 9.17) is 4.43 Å². The third-order valence-corrected chi connectivity index (χ3v) is 13.1. The third-order valence-electron chi connectivity index (χ3n) is 6.99. The zero-order valence-corrected chi connectivity index (χ0v) is 16.1. The molecule has 2 heterocycles. The van der Waals surface area contributed by atoms with Gasteiger partial charge in [0.2, 0.25) is 14.2 Å². The Balaban J connectivity index is 1.97. The molecule has 0 spiro atoms. The summed E-state index contributed by atoms with van der Waals surface area (Å²) in [6.07, 6.45) is 4.52. The number of hydrogen-bond acceptors (Lipinski definition) is 2. The van der Waals surface area contributed by atoms with Gasteiger partial charge in [0.1, 0.15) is 0 Å². The van der Waals surface area contributed by atoms with Crippen LogP contribution in [-0.4, -0.2) is 25.9 Å². The van der Waals surface area contributed by atoms with Gasteiger partial charge in [-0.3, -0.25) is 4.79 Å². The second kappa shape index (κ2) is 5.34. The fraction of sp³-hybridized carbons (Fsp3) is 0.944. The van der Waals surface area contributed by atoms with Gasteiger partial charge in [0.25, 0.3) is 0 Å². The fourth-order valence-corrected chi connectivity index (χ4v) is 11.8. The molecule has 4 heteroatoms. The van der Waals surface area contributed by atoms with Gasteiger partial charge in [-0.15, -0.1) is 0 Å². The summed E-state index contributed by atoms with van der Waals surface area (Å²) in [6, 6.07) is 0.379. The Labute approximate surface area is 136 Å². The smallest absolute Gasteiger partial charge is 0.226 e. The van der Waals surface area contributed by atoms with E-state index in [-0.39, 0.29) is 17.4 Å². The van der Waals surface area contributed by atoms with Crippen molar-refractivity contribution < 1.29 is 9.22 Å². The van der Waals surface area contributed by atoms with Crippen LogP contribution in [0.4, 0.5) is 0 Å². The van der Waals surface area contributed by atoms with Gasteiger partial charge in [-0.05, 0) is 42.3 Å². The standard InChI is InChI=1S/C18H33NO2Si/c1-11(2)22(12(3)4,13(5)6)21-18-9-7-8-16-14(18)10-15(18)17(20)19-16/h11-16H,7-10H2,1-6H3,(H,19,20)/t14-,15+,16+,18+/m1/s1. The van der Waals surface area contributed by atoms with Gasteiger partial charge in [-0.25, -0.2) is 0 Å². The number of piperidine rings is 2. The largest absolute Gasteiger partial charge is 0.409 e. The van der Waals surface area contributed by atoms with Gasteiger partial charge in [-0.1, -0.05) is 41.5 Å². The molecule has 4 bridgehead atoms. The van der Waals surface area contributed by atoms with Gasteiger partial charge in [0.15, 0.2) is 0 Å². The quantitative estimate of drug-likeness (QED) is 0.769. The van der Waals surface area contributed by atoms with E-state index in [1.807, 2.05) is 0 Å². The first-order valence-corrected chi connectivity index (χ1v) is 11.4. The molecular weight excluding hydrogens is 290 g/mol. The Morgan fingerprint density at radius 3 is 2.23 bits per heavy atom. The second-order valence-corrected chi connectivity index (χ2v) is 14.2. The lowest BCUT2D eigenvalue weighted by atomic mass is 9.50. The molecule has 0 aromatic heterocycles. The summed E-state index contributed by atoms with van der Waals surface area (Å²) in [5.74, 6) is 0.968. The van der Waals surface area contributed by atoms with E-state index < -0.39 is 8.32 Å². The molecule has 2 aliphatic heterocycles. The fourth-order valence-electron chi connectivity index (χ4n) is 6.08. The van der Waals surface area contributed by atoms with Crippen molar-refractivity contribution in [3.05, 3.63) is 0 Å². The van der Waals surface area contributed by atoms with E-state index in [1.54, 1.807) is 0 Å². The summed E-state index contributed by atoms with van der Waals surface area (Å²) in [4.78, 5) is 12.5. The van der Waals surface area contributed by atoms with Gasteiger partial charge in [-0.2, -0.15) is 0 Å². The van der Waals surface area contributed by atoms with Crippen molar-refractivity contribution in [1.82, 2.24) is 5.32 Å². The molecule has 1 N–H and O–H groups in total. The molecule has 4 rings (SSSR count). The minimum absolute atomic E-state index is 0.115. The monoisotopic (exact) mass is 323 g/mol. The zero-order chi connectivity index (χ0) is 16.3. The summed E-state index contributed by atoms with van der Waals surface area (Å²) in [7, 11) is -1.92. The van der Waals surface area contributed by atoms with E-state index in [2.05, 4.69) is 46.9 Å². The van der Waals surface area contributed by atoms with E-state index in [1.165, 1.54) is 6.42 Å². The first-order valence-electron chi connectivity index (χ1n) is 9.26. The van der Waals surface area contributed by atoms with Crippen LogP contribution in [0.2, 0.25) is 16.6 Å². The average Bonchev–Trinajstić information content (AvgIpc) is 2.38. The van der Waals surface area contributed by atoms with E-state index in [0.29, 0.717) is 28.6 Å². The van der Waals surface area contributed by atoms with Crippen LogP contribution in [0.15, 0.2) is 0 Å². The summed E-state index contributed by atoms with van der Waals surface area (Å²) in [6.45, 7) is 14.1. The molecule has 2 saturated carbocycles. The van der Waals surface area contributed by atoms with Crippen molar-refractivity contribution in [2.75, 3.05) is 0 Å². The van der Waals surface area contributed by atoms with Gasteiger partial charge in [0, 0.05) is 12.0 Å². The van der Waals surface area contributed by atoms with Gasteiger partial charge >= 0.3 is 0 Å². The maximum absolute atomic E-state index is 12.5. The van der Waals surface area contributed by atoms with Gasteiger partial charge < -0.3 is 9.74 Å². The van der Waals surface area contributed by atoms with Crippen molar-refractivity contribution in [3.8, 4) is 0 Å². The summed E-state index contributed by atoms with van der Waals surface area (Å²) in [5.41, 5.74) is 1.65. The normalized spacial score (nSPS) is 37.5. The van der Waals surface area contributed by atoms with Crippen molar-refractivity contribution in [1.29, 1.82) is 0 Å². The third kappa shape index (κ3) is 1.99. The molecule has 22 heavy (non-hydrogen) atoms. The molecule has 2 saturated heterocycles. The minimum atomic E-state index is -1.92. The molecule has 0 aromatic rings. The summed E-state index contributed by atoms with van der Waals surface area (Å²) >= 11 is 0. The predicted octanol–water partition coefficient (Wildman–Crippen LogP) is 4.24. The topological polar surface area (TPSA) is 38.3 Å². The highest BCUT2D eigenvalue weighted by molar-refractivity contribution is 6.77. The van der Waals surface area contributed by atoms with Crippen LogP contribution in [-0.2, 0) is 9.22 Å². The molecule has 3 nitrogen and oxygen atoms in total. The van der Waals surface area contributed by atoms with Crippen LogP contribution < -0.4 is 5.32 Å². The van der Waals surface area contributed by atoms with Crippen molar-refractivity contribution in [2.45, 2.75) is 95.5 Å². The van der Waals surface area contributed by atoms with Crippen LogP contribution in [0.25, 0.3) is 0 Å². The molecule has 4 fully saturated rings. The summed E-state index contributed by atoms with van der Waals surface area (Å²) in [5, 5.41) is 3.24. The number of nitrogens with one attached hydrogen (secondary N) is 1. The van der Waals surface area contributed by atoms with Crippen molar-refractivity contribution >= 4 is 14.2 Å². The van der Waals surface area contributed by atoms with Crippen LogP contribution >= 0.6 is 0 Å². The lowest BCUT2D eigenvalue weighted by molar-refractivity contribution is -0.202. The number of fused-ring (bicyclic) bond motifs is 1. The Bertz CT molecular complexity index is 440. The van der Waals surface area contributed by atoms with Crippen LogP contribution in [0.3, 0.4) is 0 Å². The highest BCUT2D eigenvalue weighted by atomic mass is 28.4. The van der Waals surface area contributed by atoms with Crippen molar-refractivity contribution in [2.24, 2.45) is 11.8 Å². The number of rotatable bonds is 5. The second-order valence-electron chi connectivity index (χ2n) is 8.78. The number of carbonyl (C=O) groups is 1. The summed E-state index contributed by atoms with van der Waals surface area (Å²) < 4.78 is 7.23. The maximum Gasteiger partial charge on any atom is 0.226 e. The molecular formula is C18H33NO2Si. The number of carbonyl (C=O) groups excluding carboxylic acids is 1. The van der Waals surface area contributed by atoms with E-state index >= 15 is 0 Å². The molecule has 1 amide bonds. The number of amides is 1. The SMILES string of the molecule is CC(C)[Si](O[C@]12CCC[C@@H]3NC(=O)[C@@H]1C[C@H]32)(C(C)C)C(C)C. The molecule has 0 aromatic carbocycles. The van der Waals surface area contributed by atoms with Gasteiger partial charge in [0.05, 0.1) is 11.5 Å². The highest BCUT2D eigenvalue weighted by Gasteiger charge is 2.68. The molecule has 0 radical (unpaired) electrons. The molecule has 0 unspecified atom stereocenters. The molecule has 4 atom stereocenters. The first-order chi connectivity index (χ1) is 10.3. The lowest BCUT2D eigenvalue weighted by Crippen LogP contribution is -2.77. The minimum Gasteiger partial charge on any atom is -0.409 e. The highest BCUT2D eigenvalue weighted by Crippen LogP contribution is 2.61. The van der Waals surface area contributed by atoms with Crippen molar-refractivity contribution in [3.63, 3.8) is 0 Å². The Morgan fingerprint density at radius 2 is 1.73 bits per heavy atom. The first kappa shape index (κ1) is 16.5. The Morgan fingerprint density at radius 1 is 1.14 bits per heavy atom. The van der Waals surface area contributed by atoms with Crippen LogP contribution in [0.5, 0.6) is 0 Å². The molecule has 2 aliphatic carbocycles. The lowest BCUT2D eigenvalue weighted by Gasteiger charge is -2.67. The van der Waals surface area contributed by atoms with Crippen LogP contribution in [0.1, 0.15) is 67.2 Å². The zero-order valence-electron chi connectivity index (χ0n) is 15.1.